The molecule has 0 atom stereocenters. The van der Waals surface area contributed by atoms with Crippen molar-refractivity contribution in [3.05, 3.63) is 77.3 Å². The molecule has 3 heterocycles. The third-order valence-electron chi connectivity index (χ3n) is 6.06. The molecule has 32 heavy (non-hydrogen) atoms. The number of aromatic nitrogens is 2. The fourth-order valence-corrected chi connectivity index (χ4v) is 5.02. The average molecular weight is 446 g/mol. The molecule has 6 nitrogen and oxygen atoms in total. The number of amides is 1. The van der Waals surface area contributed by atoms with E-state index < -0.39 is 0 Å². The molecule has 1 fully saturated rings. The maximum Gasteiger partial charge on any atom is 0.255 e. The van der Waals surface area contributed by atoms with Crippen LogP contribution >= 0.6 is 11.3 Å². The highest BCUT2D eigenvalue weighted by Crippen LogP contribution is 2.33. The Kier molecular flexibility index (Phi) is 5.92. The van der Waals surface area contributed by atoms with Crippen LogP contribution in [0.3, 0.4) is 0 Å². The van der Waals surface area contributed by atoms with E-state index in [9.17, 15) is 4.79 Å². The highest BCUT2D eigenvalue weighted by atomic mass is 32.1. The van der Waals surface area contributed by atoms with E-state index in [1.807, 2.05) is 52.4 Å². The van der Waals surface area contributed by atoms with Crippen molar-refractivity contribution in [2.24, 2.45) is 5.73 Å². The number of benzene rings is 1. The Labute approximate surface area is 191 Å². The first kappa shape index (κ1) is 20.7. The Morgan fingerprint density at radius 3 is 2.62 bits per heavy atom. The molecule has 1 aliphatic rings. The molecule has 0 radical (unpaired) electrons. The number of carbonyl (C=O) groups is 1. The quantitative estimate of drug-likeness (QED) is 0.402. The molecule has 5 rings (SSSR count). The Bertz CT molecular complexity index is 1190. The van der Waals surface area contributed by atoms with Crippen LogP contribution in [-0.2, 0) is 6.54 Å². The summed E-state index contributed by atoms with van der Waals surface area (Å²) in [5, 5.41) is 8.80. The monoisotopic (exact) mass is 445 g/mol. The number of carbonyl (C=O) groups excluding carboxylic acids is 1. The topological polar surface area (TPSA) is 84.5 Å². The Morgan fingerprint density at radius 1 is 1.06 bits per heavy atom. The molecular formula is C25H27N5OS. The van der Waals surface area contributed by atoms with Gasteiger partial charge in [-0.3, -0.25) is 9.20 Å². The lowest BCUT2D eigenvalue weighted by Gasteiger charge is -2.26. The van der Waals surface area contributed by atoms with Crippen LogP contribution in [0.25, 0.3) is 16.2 Å². The molecule has 4 aromatic rings. The number of hydrogen-bond donors (Lipinski definition) is 3. The van der Waals surface area contributed by atoms with Gasteiger partial charge in [-0.1, -0.05) is 36.4 Å². The van der Waals surface area contributed by atoms with Crippen LogP contribution in [0.1, 0.15) is 41.6 Å². The van der Waals surface area contributed by atoms with E-state index in [2.05, 4.69) is 28.8 Å². The average Bonchev–Trinajstić information content (AvgIpc) is 3.47. The van der Waals surface area contributed by atoms with Gasteiger partial charge in [0.2, 0.25) is 0 Å². The molecule has 0 unspecified atom stereocenters. The third-order valence-corrected chi connectivity index (χ3v) is 6.94. The summed E-state index contributed by atoms with van der Waals surface area (Å²) in [6.07, 6.45) is 5.72. The first-order chi connectivity index (χ1) is 15.7. The van der Waals surface area contributed by atoms with Crippen molar-refractivity contribution < 1.29 is 4.79 Å². The van der Waals surface area contributed by atoms with Crippen LogP contribution in [0.2, 0.25) is 0 Å². The van der Waals surface area contributed by atoms with E-state index in [-0.39, 0.29) is 18.0 Å². The summed E-state index contributed by atoms with van der Waals surface area (Å²) >= 11 is 1.64. The summed E-state index contributed by atoms with van der Waals surface area (Å²) in [5.41, 5.74) is 9.32. The molecule has 7 heteroatoms. The number of rotatable bonds is 6. The summed E-state index contributed by atoms with van der Waals surface area (Å²) in [7, 11) is 0. The van der Waals surface area contributed by atoms with E-state index in [1.54, 1.807) is 11.3 Å². The first-order valence-electron chi connectivity index (χ1n) is 11.1. The van der Waals surface area contributed by atoms with Crippen LogP contribution in [-0.4, -0.2) is 27.4 Å². The number of nitrogens with zero attached hydrogens (tertiary/aromatic N) is 2. The van der Waals surface area contributed by atoms with E-state index in [0.717, 1.165) is 42.1 Å². The molecule has 0 bridgehead atoms. The second-order valence-electron chi connectivity index (χ2n) is 8.33. The number of imidazole rings is 1. The molecule has 1 aliphatic carbocycles. The summed E-state index contributed by atoms with van der Waals surface area (Å²) in [4.78, 5) is 19.2. The minimum atomic E-state index is -0.0755. The highest BCUT2D eigenvalue weighted by Gasteiger charge is 2.23. The smallest absolute Gasteiger partial charge is 0.255 e. The Hall–Kier alpha value is -3.16. The molecule has 0 aliphatic heterocycles. The van der Waals surface area contributed by atoms with Crippen molar-refractivity contribution in [2.75, 3.05) is 5.32 Å². The Balaban J connectivity index is 1.48. The molecule has 1 amide bonds. The number of fused-ring (bicyclic) bond motifs is 1. The van der Waals surface area contributed by atoms with Crippen molar-refractivity contribution >= 4 is 28.7 Å². The lowest BCUT2D eigenvalue weighted by atomic mass is 9.91. The molecule has 164 valence electrons. The molecule has 0 spiro atoms. The summed E-state index contributed by atoms with van der Waals surface area (Å²) in [5.74, 6) is 0.818. The number of nitrogens with two attached hydrogens (primary N) is 1. The third kappa shape index (κ3) is 4.26. The normalized spacial score (nSPS) is 18.5. The van der Waals surface area contributed by atoms with Gasteiger partial charge in [-0.2, -0.15) is 0 Å². The first-order valence-corrected chi connectivity index (χ1v) is 12.0. The maximum absolute atomic E-state index is 13.2. The van der Waals surface area contributed by atoms with Crippen LogP contribution in [0.15, 0.2) is 66.2 Å². The van der Waals surface area contributed by atoms with Crippen molar-refractivity contribution in [1.29, 1.82) is 0 Å². The second-order valence-corrected chi connectivity index (χ2v) is 9.27. The van der Waals surface area contributed by atoms with Gasteiger partial charge in [0, 0.05) is 24.8 Å². The van der Waals surface area contributed by atoms with Gasteiger partial charge in [0.05, 0.1) is 10.4 Å². The second kappa shape index (κ2) is 9.14. The molecule has 3 aromatic heterocycles. The summed E-state index contributed by atoms with van der Waals surface area (Å²) in [6.45, 7) is 0.672. The number of nitrogens with one attached hydrogen (secondary N) is 2. The van der Waals surface area contributed by atoms with E-state index >= 15 is 0 Å². The molecule has 1 saturated carbocycles. The van der Waals surface area contributed by atoms with Gasteiger partial charge < -0.3 is 16.4 Å². The number of pyridine rings is 1. The van der Waals surface area contributed by atoms with Gasteiger partial charge in [0.25, 0.3) is 5.91 Å². The molecular weight excluding hydrogens is 418 g/mol. The summed E-state index contributed by atoms with van der Waals surface area (Å²) in [6, 6.07) is 18.5. The van der Waals surface area contributed by atoms with Gasteiger partial charge in [-0.15, -0.1) is 11.3 Å². The summed E-state index contributed by atoms with van der Waals surface area (Å²) < 4.78 is 1.99. The SMILES string of the molecule is NC1CCC(NC(=O)c2cccn3c(NCc4ccccc4)c(-c4cccs4)nc23)CC1. The lowest BCUT2D eigenvalue weighted by Crippen LogP contribution is -2.40. The number of anilines is 1. The van der Waals surface area contributed by atoms with Gasteiger partial charge in [-0.05, 0) is 54.8 Å². The van der Waals surface area contributed by atoms with E-state index in [1.165, 1.54) is 5.56 Å². The molecule has 0 saturated heterocycles. The number of hydrogen-bond acceptors (Lipinski definition) is 5. The standard InChI is InChI=1S/C25H27N5OS/c26-18-10-12-19(13-11-18)28-25(31)20-8-4-14-30-23(20)29-22(21-9-5-15-32-21)24(30)27-16-17-6-2-1-3-7-17/h1-9,14-15,18-19,27H,10-13,16,26H2,(H,28,31). The predicted octanol–water partition coefficient (Wildman–Crippen LogP) is 4.67. The van der Waals surface area contributed by atoms with Crippen LogP contribution in [0, 0.1) is 0 Å². The fourth-order valence-electron chi connectivity index (χ4n) is 4.31. The van der Waals surface area contributed by atoms with Crippen LogP contribution in [0.5, 0.6) is 0 Å². The Morgan fingerprint density at radius 2 is 1.88 bits per heavy atom. The minimum Gasteiger partial charge on any atom is -0.365 e. The van der Waals surface area contributed by atoms with Crippen molar-refractivity contribution in [3.63, 3.8) is 0 Å². The zero-order valence-corrected chi connectivity index (χ0v) is 18.6. The van der Waals surface area contributed by atoms with Crippen LogP contribution < -0.4 is 16.4 Å². The minimum absolute atomic E-state index is 0.0755. The fraction of sp³-hybridized carbons (Fsp3) is 0.280. The lowest BCUT2D eigenvalue weighted by molar-refractivity contribution is 0.0927. The van der Waals surface area contributed by atoms with Gasteiger partial charge in [0.1, 0.15) is 11.5 Å². The van der Waals surface area contributed by atoms with Crippen molar-refractivity contribution in [2.45, 2.75) is 44.3 Å². The largest absolute Gasteiger partial charge is 0.365 e. The highest BCUT2D eigenvalue weighted by molar-refractivity contribution is 7.13. The zero-order chi connectivity index (χ0) is 21.9. The molecule has 1 aromatic carbocycles. The zero-order valence-electron chi connectivity index (χ0n) is 17.8. The maximum atomic E-state index is 13.2. The van der Waals surface area contributed by atoms with Gasteiger partial charge >= 0.3 is 0 Å². The molecule has 4 N–H and O–H groups in total. The van der Waals surface area contributed by atoms with Crippen molar-refractivity contribution in [1.82, 2.24) is 14.7 Å². The van der Waals surface area contributed by atoms with Gasteiger partial charge in [-0.25, -0.2) is 4.98 Å². The van der Waals surface area contributed by atoms with E-state index in [4.69, 9.17) is 10.7 Å². The predicted molar refractivity (Wildman–Crippen MR) is 130 cm³/mol. The number of thiophene rings is 1. The van der Waals surface area contributed by atoms with E-state index in [0.29, 0.717) is 17.8 Å². The van der Waals surface area contributed by atoms with Crippen molar-refractivity contribution in [3.8, 4) is 10.6 Å². The van der Waals surface area contributed by atoms with Gasteiger partial charge in [0.15, 0.2) is 5.65 Å². The van der Waals surface area contributed by atoms with Crippen LogP contribution in [0.4, 0.5) is 5.82 Å².